The summed E-state index contributed by atoms with van der Waals surface area (Å²) >= 11 is 0. The second-order valence-corrected chi connectivity index (χ2v) is 1.77. The van der Waals surface area contributed by atoms with Crippen LogP contribution in [0.3, 0.4) is 0 Å². The predicted molar refractivity (Wildman–Crippen MR) is 40.1 cm³/mol. The second kappa shape index (κ2) is 5.16. The van der Waals surface area contributed by atoms with Crippen LogP contribution >= 0.6 is 0 Å². The average molecular weight is 124 g/mol. The van der Waals surface area contributed by atoms with Crippen LogP contribution < -0.4 is 0 Å². The summed E-state index contributed by atoms with van der Waals surface area (Å²) in [5, 5.41) is 0. The molecule has 0 fully saturated rings. The highest BCUT2D eigenvalue weighted by Gasteiger charge is 1.68. The smallest absolute Gasteiger partial charge is 0.0824 e. The number of ether oxygens (including phenoxy) is 1. The van der Waals surface area contributed by atoms with Crippen molar-refractivity contribution in [1.29, 1.82) is 0 Å². The van der Waals surface area contributed by atoms with E-state index in [4.69, 9.17) is 0 Å². The summed E-state index contributed by atoms with van der Waals surface area (Å²) in [4.78, 5) is 0. The Balaban J connectivity index is 3.47. The highest BCUT2D eigenvalue weighted by atomic mass is 16.5. The van der Waals surface area contributed by atoms with Gasteiger partial charge in [0.05, 0.1) is 13.4 Å². The molecule has 0 saturated heterocycles. The van der Waals surface area contributed by atoms with Gasteiger partial charge in [0.15, 0.2) is 0 Å². The van der Waals surface area contributed by atoms with Gasteiger partial charge in [-0.15, -0.1) is 0 Å². The Morgan fingerprint density at radius 3 is 2.56 bits per heavy atom. The minimum absolute atomic E-state index is 1.04. The summed E-state index contributed by atoms with van der Waals surface area (Å²) in [5.41, 5.74) is 1.04. The molecule has 0 bridgehead atoms. The lowest BCUT2D eigenvalue weighted by molar-refractivity contribution is 0.338. The Hall–Kier alpha value is -0.980. The molecule has 0 aliphatic heterocycles. The van der Waals surface area contributed by atoms with E-state index in [1.54, 1.807) is 13.4 Å². The summed E-state index contributed by atoms with van der Waals surface area (Å²) in [7, 11) is 1.62. The molecule has 0 unspecified atom stereocenters. The van der Waals surface area contributed by atoms with E-state index < -0.39 is 0 Å². The maximum absolute atomic E-state index is 4.66. The largest absolute Gasteiger partial charge is 0.504 e. The fourth-order valence-corrected chi connectivity index (χ4v) is 0.344. The Bertz CT molecular complexity index is 132. The van der Waals surface area contributed by atoms with Gasteiger partial charge in [-0.2, -0.15) is 0 Å². The van der Waals surface area contributed by atoms with Crippen molar-refractivity contribution in [2.24, 2.45) is 0 Å². The molecular formula is C8H12O. The van der Waals surface area contributed by atoms with Crippen LogP contribution in [-0.2, 0) is 4.74 Å². The quantitative estimate of drug-likeness (QED) is 0.414. The molecule has 0 atom stereocenters. The van der Waals surface area contributed by atoms with Gasteiger partial charge in [0, 0.05) is 0 Å². The minimum Gasteiger partial charge on any atom is -0.504 e. The van der Waals surface area contributed by atoms with Crippen molar-refractivity contribution < 1.29 is 4.74 Å². The lowest BCUT2D eigenvalue weighted by Gasteiger charge is -1.82. The van der Waals surface area contributed by atoms with E-state index in [0.717, 1.165) is 5.57 Å². The molecule has 0 aliphatic carbocycles. The van der Waals surface area contributed by atoms with E-state index >= 15 is 0 Å². The zero-order valence-electron chi connectivity index (χ0n) is 5.92. The third kappa shape index (κ3) is 7.02. The normalized spacial score (nSPS) is 10.9. The van der Waals surface area contributed by atoms with Gasteiger partial charge < -0.3 is 4.74 Å². The zero-order chi connectivity index (χ0) is 7.11. The van der Waals surface area contributed by atoms with E-state index in [0.29, 0.717) is 0 Å². The zero-order valence-corrected chi connectivity index (χ0v) is 5.92. The summed E-state index contributed by atoms with van der Waals surface area (Å²) in [6.07, 6.45) is 7.22. The second-order valence-electron chi connectivity index (χ2n) is 1.77. The van der Waals surface area contributed by atoms with Crippen LogP contribution in [0, 0.1) is 0 Å². The molecule has 0 amide bonds. The third-order valence-corrected chi connectivity index (χ3v) is 0.707. The first kappa shape index (κ1) is 8.02. The van der Waals surface area contributed by atoms with Gasteiger partial charge in [-0.1, -0.05) is 24.3 Å². The van der Waals surface area contributed by atoms with Crippen molar-refractivity contribution in [3.05, 3.63) is 36.6 Å². The number of allylic oxidation sites excluding steroid dienone is 4. The molecule has 50 valence electrons. The summed E-state index contributed by atoms with van der Waals surface area (Å²) in [6, 6.07) is 0. The van der Waals surface area contributed by atoms with Crippen LogP contribution in [0.25, 0.3) is 0 Å². The number of methoxy groups -OCH3 is 1. The van der Waals surface area contributed by atoms with Gasteiger partial charge in [-0.25, -0.2) is 0 Å². The van der Waals surface area contributed by atoms with Gasteiger partial charge in [0.2, 0.25) is 0 Å². The Kier molecular flexibility index (Phi) is 4.60. The maximum atomic E-state index is 4.66. The van der Waals surface area contributed by atoms with Crippen molar-refractivity contribution in [2.75, 3.05) is 7.11 Å². The third-order valence-electron chi connectivity index (χ3n) is 0.707. The van der Waals surface area contributed by atoms with E-state index in [2.05, 4.69) is 11.3 Å². The molecule has 0 aromatic rings. The van der Waals surface area contributed by atoms with Crippen LogP contribution in [-0.4, -0.2) is 7.11 Å². The molecule has 0 aromatic heterocycles. The fourth-order valence-electron chi connectivity index (χ4n) is 0.344. The first-order valence-corrected chi connectivity index (χ1v) is 2.79. The van der Waals surface area contributed by atoms with Gasteiger partial charge in [0.25, 0.3) is 0 Å². The Morgan fingerprint density at radius 2 is 2.11 bits per heavy atom. The molecule has 0 aromatic carbocycles. The van der Waals surface area contributed by atoms with Crippen molar-refractivity contribution in [3.8, 4) is 0 Å². The van der Waals surface area contributed by atoms with Crippen LogP contribution in [0.1, 0.15) is 6.92 Å². The van der Waals surface area contributed by atoms with E-state index in [1.807, 2.05) is 25.2 Å². The monoisotopic (exact) mass is 124 g/mol. The maximum Gasteiger partial charge on any atom is 0.0824 e. The summed E-state index contributed by atoms with van der Waals surface area (Å²) < 4.78 is 4.66. The molecule has 0 heterocycles. The van der Waals surface area contributed by atoms with E-state index in [-0.39, 0.29) is 0 Å². The molecule has 0 spiro atoms. The molecule has 0 radical (unpaired) electrons. The SMILES string of the molecule is C=C(C)/C=C\C=C\OC. The Morgan fingerprint density at radius 1 is 1.44 bits per heavy atom. The van der Waals surface area contributed by atoms with Crippen molar-refractivity contribution >= 4 is 0 Å². The van der Waals surface area contributed by atoms with E-state index in [1.165, 1.54) is 0 Å². The number of rotatable bonds is 3. The van der Waals surface area contributed by atoms with Crippen molar-refractivity contribution in [2.45, 2.75) is 6.92 Å². The first-order chi connectivity index (χ1) is 4.27. The molecule has 0 rings (SSSR count). The van der Waals surface area contributed by atoms with E-state index in [9.17, 15) is 0 Å². The van der Waals surface area contributed by atoms with Crippen LogP contribution in [0.4, 0.5) is 0 Å². The highest BCUT2D eigenvalue weighted by molar-refractivity contribution is 5.15. The van der Waals surface area contributed by atoms with Gasteiger partial charge in [-0.05, 0) is 13.0 Å². The van der Waals surface area contributed by atoms with Gasteiger partial charge >= 0.3 is 0 Å². The van der Waals surface area contributed by atoms with Crippen LogP contribution in [0.15, 0.2) is 36.6 Å². The molecular weight excluding hydrogens is 112 g/mol. The van der Waals surface area contributed by atoms with Crippen LogP contribution in [0.2, 0.25) is 0 Å². The van der Waals surface area contributed by atoms with Gasteiger partial charge in [0.1, 0.15) is 0 Å². The summed E-state index contributed by atoms with van der Waals surface area (Å²) in [6.45, 7) is 5.63. The fraction of sp³-hybridized carbons (Fsp3) is 0.250. The number of hydrogen-bond acceptors (Lipinski definition) is 1. The lowest BCUT2D eigenvalue weighted by Crippen LogP contribution is -1.62. The predicted octanol–water partition coefficient (Wildman–Crippen LogP) is 2.28. The van der Waals surface area contributed by atoms with Gasteiger partial charge in [-0.3, -0.25) is 0 Å². The topological polar surface area (TPSA) is 9.23 Å². The van der Waals surface area contributed by atoms with Crippen molar-refractivity contribution in [1.82, 2.24) is 0 Å². The minimum atomic E-state index is 1.04. The summed E-state index contributed by atoms with van der Waals surface area (Å²) in [5.74, 6) is 0. The lowest BCUT2D eigenvalue weighted by atomic mass is 10.3. The molecule has 0 aliphatic rings. The average Bonchev–Trinajstić information content (AvgIpc) is 1.80. The molecule has 9 heavy (non-hydrogen) atoms. The van der Waals surface area contributed by atoms with Crippen molar-refractivity contribution in [3.63, 3.8) is 0 Å². The van der Waals surface area contributed by atoms with Crippen LogP contribution in [0.5, 0.6) is 0 Å². The standard InChI is InChI=1S/C8H12O/c1-8(2)6-4-5-7-9-3/h4-7H,1H2,2-3H3/b6-4-,7-5+. The molecule has 0 N–H and O–H groups in total. The molecule has 1 heteroatoms. The number of hydrogen-bond donors (Lipinski definition) is 0. The molecule has 1 nitrogen and oxygen atoms in total. The Labute approximate surface area is 56.3 Å². The first-order valence-electron chi connectivity index (χ1n) is 2.79. The molecule has 0 saturated carbocycles. The highest BCUT2D eigenvalue weighted by Crippen LogP contribution is 1.88.